The van der Waals surface area contributed by atoms with Gasteiger partial charge in [-0.2, -0.15) is 0 Å². The van der Waals surface area contributed by atoms with Crippen LogP contribution in [0.4, 0.5) is 5.69 Å². The zero-order chi connectivity index (χ0) is 16.5. The van der Waals surface area contributed by atoms with Crippen LogP contribution in [0.2, 0.25) is 0 Å². The molecule has 5 nitrogen and oxygen atoms in total. The van der Waals surface area contributed by atoms with Crippen molar-refractivity contribution in [2.24, 2.45) is 0 Å². The first-order valence-electron chi connectivity index (χ1n) is 7.72. The van der Waals surface area contributed by atoms with Gasteiger partial charge in [-0.3, -0.25) is 10.2 Å². The summed E-state index contributed by atoms with van der Waals surface area (Å²) < 4.78 is 1.83. The Bertz CT molecular complexity index is 1050. The molecule has 4 aromatic rings. The van der Waals surface area contributed by atoms with Crippen LogP contribution < -0.4 is 11.0 Å². The predicted octanol–water partition coefficient (Wildman–Crippen LogP) is 3.58. The average molecular weight is 316 g/mol. The maximum atomic E-state index is 11.9. The number of nitrogens with zero attached hydrogens (tertiary/aromatic N) is 2. The van der Waals surface area contributed by atoms with Crippen LogP contribution in [0.3, 0.4) is 0 Å². The summed E-state index contributed by atoms with van der Waals surface area (Å²) in [6.07, 6.45) is 0. The molecular weight excluding hydrogens is 300 g/mol. The summed E-state index contributed by atoms with van der Waals surface area (Å²) >= 11 is 0. The molecule has 24 heavy (non-hydrogen) atoms. The molecule has 2 aromatic heterocycles. The van der Waals surface area contributed by atoms with Gasteiger partial charge in [0.2, 0.25) is 5.56 Å². The number of benzene rings is 2. The van der Waals surface area contributed by atoms with Crippen molar-refractivity contribution in [2.75, 3.05) is 5.43 Å². The Morgan fingerprint density at radius 1 is 1.00 bits per heavy atom. The van der Waals surface area contributed by atoms with E-state index in [0.717, 1.165) is 28.2 Å². The minimum absolute atomic E-state index is 0.143. The smallest absolute Gasteiger partial charge is 0.249 e. The Kier molecular flexibility index (Phi) is 3.39. The lowest BCUT2D eigenvalue weighted by Gasteiger charge is -2.12. The molecule has 0 bridgehead atoms. The molecule has 0 aliphatic rings. The quantitative estimate of drug-likeness (QED) is 0.607. The van der Waals surface area contributed by atoms with Crippen LogP contribution >= 0.6 is 0 Å². The molecule has 0 aliphatic heterocycles. The largest absolute Gasteiger partial charge is 0.305 e. The maximum Gasteiger partial charge on any atom is 0.249 e. The van der Waals surface area contributed by atoms with E-state index in [2.05, 4.69) is 10.4 Å². The number of hydrogen-bond acceptors (Lipinski definition) is 3. The number of aryl methyl sites for hydroxylation is 1. The molecule has 0 saturated heterocycles. The van der Waals surface area contributed by atoms with Gasteiger partial charge in [-0.15, -0.1) is 0 Å². The first kappa shape index (κ1) is 14.3. The lowest BCUT2D eigenvalue weighted by molar-refractivity contribution is 0.976. The van der Waals surface area contributed by atoms with Gasteiger partial charge in [-0.1, -0.05) is 48.5 Å². The standard InChI is InChI=1S/C19H16N4O/c1-13-12-16(24)20-19-17(13)21-18(14-8-4-2-5-9-14)23(19)22-15-10-6-3-7-11-15/h2-12,22H,1H3,(H,20,24). The highest BCUT2D eigenvalue weighted by Crippen LogP contribution is 2.24. The monoisotopic (exact) mass is 316 g/mol. The zero-order valence-corrected chi connectivity index (χ0v) is 13.2. The van der Waals surface area contributed by atoms with Crippen molar-refractivity contribution in [1.82, 2.24) is 14.6 Å². The summed E-state index contributed by atoms with van der Waals surface area (Å²) in [6.45, 7) is 1.90. The number of hydrogen-bond donors (Lipinski definition) is 2. The van der Waals surface area contributed by atoms with Gasteiger partial charge in [0.1, 0.15) is 5.52 Å². The van der Waals surface area contributed by atoms with Gasteiger partial charge in [-0.25, -0.2) is 9.66 Å². The fourth-order valence-corrected chi connectivity index (χ4v) is 2.76. The maximum absolute atomic E-state index is 11.9. The molecule has 2 N–H and O–H groups in total. The van der Waals surface area contributed by atoms with Crippen molar-refractivity contribution in [3.63, 3.8) is 0 Å². The first-order chi connectivity index (χ1) is 11.7. The Morgan fingerprint density at radius 3 is 2.38 bits per heavy atom. The summed E-state index contributed by atoms with van der Waals surface area (Å²) in [7, 11) is 0. The number of pyridine rings is 1. The number of aromatic nitrogens is 3. The van der Waals surface area contributed by atoms with Gasteiger partial charge in [0, 0.05) is 11.6 Å². The number of nitrogens with one attached hydrogen (secondary N) is 2. The van der Waals surface area contributed by atoms with E-state index < -0.39 is 0 Å². The SMILES string of the molecule is Cc1cc(=O)[nH]c2c1nc(-c1ccccc1)n2Nc1ccccc1. The number of imidazole rings is 1. The van der Waals surface area contributed by atoms with Gasteiger partial charge in [0.05, 0.1) is 5.69 Å². The molecule has 0 atom stereocenters. The van der Waals surface area contributed by atoms with E-state index in [1.54, 1.807) is 6.07 Å². The molecule has 4 rings (SSSR count). The van der Waals surface area contributed by atoms with Crippen molar-refractivity contribution in [1.29, 1.82) is 0 Å². The lowest BCUT2D eigenvalue weighted by Crippen LogP contribution is -2.14. The molecule has 0 unspecified atom stereocenters. The van der Waals surface area contributed by atoms with Gasteiger partial charge >= 0.3 is 0 Å². The van der Waals surface area contributed by atoms with Crippen LogP contribution in [0.15, 0.2) is 71.5 Å². The van der Waals surface area contributed by atoms with Crippen molar-refractivity contribution in [3.05, 3.63) is 82.6 Å². The first-order valence-corrected chi connectivity index (χ1v) is 7.72. The van der Waals surface area contributed by atoms with E-state index in [9.17, 15) is 4.79 Å². The number of para-hydroxylation sites is 1. The minimum Gasteiger partial charge on any atom is -0.305 e. The highest BCUT2D eigenvalue weighted by molar-refractivity contribution is 5.81. The van der Waals surface area contributed by atoms with Crippen molar-refractivity contribution in [2.45, 2.75) is 6.92 Å². The van der Waals surface area contributed by atoms with Crippen LogP contribution in [0.5, 0.6) is 0 Å². The van der Waals surface area contributed by atoms with Gasteiger partial charge in [0.25, 0.3) is 0 Å². The van der Waals surface area contributed by atoms with Crippen LogP contribution in [0.1, 0.15) is 5.56 Å². The third kappa shape index (κ3) is 2.46. The summed E-state index contributed by atoms with van der Waals surface area (Å²) in [6, 6.07) is 21.3. The second kappa shape index (κ2) is 5.70. The van der Waals surface area contributed by atoms with Gasteiger partial charge in [0.15, 0.2) is 11.5 Å². The molecule has 118 valence electrons. The molecular formula is C19H16N4O. The minimum atomic E-state index is -0.143. The third-order valence-corrected chi connectivity index (χ3v) is 3.89. The van der Waals surface area contributed by atoms with E-state index in [1.165, 1.54) is 0 Å². The fourth-order valence-electron chi connectivity index (χ4n) is 2.76. The highest BCUT2D eigenvalue weighted by atomic mass is 16.1. The number of fused-ring (bicyclic) bond motifs is 1. The normalized spacial score (nSPS) is 10.9. The number of anilines is 1. The van der Waals surface area contributed by atoms with Crippen molar-refractivity contribution >= 4 is 16.9 Å². The molecule has 2 heterocycles. The Morgan fingerprint density at radius 2 is 1.67 bits per heavy atom. The molecule has 0 aliphatic carbocycles. The lowest BCUT2D eigenvalue weighted by atomic mass is 10.2. The highest BCUT2D eigenvalue weighted by Gasteiger charge is 2.15. The molecule has 5 heteroatoms. The van der Waals surface area contributed by atoms with E-state index >= 15 is 0 Å². The number of aromatic amines is 1. The Hall–Kier alpha value is -3.34. The van der Waals surface area contributed by atoms with Crippen LogP contribution in [-0.4, -0.2) is 14.6 Å². The molecule has 0 spiro atoms. The van der Waals surface area contributed by atoms with E-state index in [0.29, 0.717) is 5.65 Å². The Balaban J connectivity index is 1.99. The molecule has 0 fully saturated rings. The summed E-state index contributed by atoms with van der Waals surface area (Å²) in [5.74, 6) is 0.749. The topological polar surface area (TPSA) is 62.7 Å². The van der Waals surface area contributed by atoms with Crippen molar-refractivity contribution < 1.29 is 0 Å². The van der Waals surface area contributed by atoms with E-state index in [1.807, 2.05) is 72.3 Å². The summed E-state index contributed by atoms with van der Waals surface area (Å²) in [4.78, 5) is 19.6. The van der Waals surface area contributed by atoms with Crippen LogP contribution in [0, 0.1) is 6.92 Å². The van der Waals surface area contributed by atoms with Crippen LogP contribution in [-0.2, 0) is 0 Å². The zero-order valence-electron chi connectivity index (χ0n) is 13.2. The molecule has 2 aromatic carbocycles. The summed E-state index contributed by atoms with van der Waals surface area (Å²) in [5.41, 5.74) is 7.35. The number of H-pyrrole nitrogens is 1. The van der Waals surface area contributed by atoms with Gasteiger partial charge < -0.3 is 4.98 Å². The Labute approximate surface area is 138 Å². The second-order valence-corrected chi connectivity index (χ2v) is 5.63. The molecule has 0 saturated carbocycles. The average Bonchev–Trinajstić information content (AvgIpc) is 2.95. The predicted molar refractivity (Wildman–Crippen MR) is 96.0 cm³/mol. The fraction of sp³-hybridized carbons (Fsp3) is 0.0526. The van der Waals surface area contributed by atoms with Crippen LogP contribution in [0.25, 0.3) is 22.6 Å². The van der Waals surface area contributed by atoms with Crippen molar-refractivity contribution in [3.8, 4) is 11.4 Å². The summed E-state index contributed by atoms with van der Waals surface area (Å²) in [5, 5.41) is 0. The molecule has 0 radical (unpaired) electrons. The second-order valence-electron chi connectivity index (χ2n) is 5.63. The van der Waals surface area contributed by atoms with E-state index in [4.69, 9.17) is 4.98 Å². The molecule has 0 amide bonds. The number of rotatable bonds is 3. The van der Waals surface area contributed by atoms with E-state index in [-0.39, 0.29) is 5.56 Å². The third-order valence-electron chi connectivity index (χ3n) is 3.89. The van der Waals surface area contributed by atoms with Gasteiger partial charge in [-0.05, 0) is 24.6 Å².